The van der Waals surface area contributed by atoms with E-state index in [2.05, 4.69) is 0 Å². The number of alkyl halides is 3. The van der Waals surface area contributed by atoms with Crippen LogP contribution in [-0.2, 0) is 10.9 Å². The number of carbonyl (C=O) groups is 1. The Morgan fingerprint density at radius 2 is 2.18 bits per heavy atom. The fourth-order valence-electron chi connectivity index (χ4n) is 2.29. The van der Waals surface area contributed by atoms with Gasteiger partial charge in [0.15, 0.2) is 0 Å². The van der Waals surface area contributed by atoms with Crippen molar-refractivity contribution >= 4 is 11.7 Å². The molecule has 0 aromatic heterocycles. The molecule has 0 aliphatic carbocycles. The van der Waals surface area contributed by atoms with Crippen molar-refractivity contribution in [1.29, 1.82) is 0 Å². The van der Waals surface area contributed by atoms with Gasteiger partial charge in [0.25, 0.3) is 0 Å². The van der Waals surface area contributed by atoms with E-state index in [0.29, 0.717) is 19.8 Å². The van der Waals surface area contributed by atoms with Crippen LogP contribution in [0.1, 0.15) is 12.0 Å². The molecule has 0 saturated carbocycles. The Labute approximate surface area is 125 Å². The Balaban J connectivity index is 2.10. The smallest absolute Gasteiger partial charge is 0.381 e. The van der Waals surface area contributed by atoms with Gasteiger partial charge < -0.3 is 15.0 Å². The van der Waals surface area contributed by atoms with Crippen LogP contribution in [0.4, 0.5) is 28.0 Å². The molecule has 0 spiro atoms. The third-order valence-electron chi connectivity index (χ3n) is 3.45. The Morgan fingerprint density at radius 3 is 2.77 bits per heavy atom. The first-order valence-electron chi connectivity index (χ1n) is 6.74. The fraction of sp³-hybridized carbons (Fsp3) is 0.500. The zero-order chi connectivity index (χ0) is 16.3. The average Bonchev–Trinajstić information content (AvgIpc) is 2.92. The van der Waals surface area contributed by atoms with E-state index in [4.69, 9.17) is 4.74 Å². The van der Waals surface area contributed by atoms with Gasteiger partial charge in [-0.3, -0.25) is 0 Å². The Bertz CT molecular complexity index is 542. The minimum absolute atomic E-state index is 0.137. The lowest BCUT2D eigenvalue weighted by Gasteiger charge is -2.22. The number of hydrogen-bond donors (Lipinski definition) is 1. The first kappa shape index (κ1) is 16.5. The highest BCUT2D eigenvalue weighted by molar-refractivity contribution is 5.90. The Kier molecular flexibility index (Phi) is 4.90. The molecule has 1 atom stereocenters. The topological polar surface area (TPSA) is 41.6 Å². The third kappa shape index (κ3) is 3.88. The lowest BCUT2D eigenvalue weighted by Crippen LogP contribution is -2.36. The van der Waals surface area contributed by atoms with Crippen molar-refractivity contribution in [2.75, 3.05) is 32.1 Å². The number of urea groups is 1. The highest BCUT2D eigenvalue weighted by Gasteiger charge is 2.35. The van der Waals surface area contributed by atoms with E-state index in [1.54, 1.807) is 0 Å². The molecule has 1 N–H and O–H groups in total. The average molecular weight is 320 g/mol. The summed E-state index contributed by atoms with van der Waals surface area (Å²) in [5.74, 6) is -0.987. The van der Waals surface area contributed by atoms with Gasteiger partial charge in [-0.05, 0) is 18.6 Å². The molecule has 1 aliphatic heterocycles. The van der Waals surface area contributed by atoms with Crippen LogP contribution in [0.15, 0.2) is 18.2 Å². The molecule has 1 saturated heterocycles. The number of nitrogens with one attached hydrogen (secondary N) is 1. The van der Waals surface area contributed by atoms with Gasteiger partial charge in [-0.1, -0.05) is 6.07 Å². The van der Waals surface area contributed by atoms with Gasteiger partial charge in [-0.15, -0.1) is 0 Å². The summed E-state index contributed by atoms with van der Waals surface area (Å²) in [5, 5.41) is 2.01. The van der Waals surface area contributed by atoms with Crippen molar-refractivity contribution in [3.63, 3.8) is 0 Å². The molecule has 0 bridgehead atoms. The second-order valence-corrected chi connectivity index (χ2v) is 5.20. The molecule has 122 valence electrons. The highest BCUT2D eigenvalue weighted by atomic mass is 19.4. The lowest BCUT2D eigenvalue weighted by molar-refractivity contribution is -0.137. The molecule has 8 heteroatoms. The van der Waals surface area contributed by atoms with Crippen LogP contribution >= 0.6 is 0 Å². The SMILES string of the molecule is CN(C[C@@H]1CCOC1)C(=O)Nc1c(F)cccc1C(F)(F)F. The monoisotopic (exact) mass is 320 g/mol. The van der Waals surface area contributed by atoms with Crippen LogP contribution in [0.2, 0.25) is 0 Å². The number of hydrogen-bond acceptors (Lipinski definition) is 2. The summed E-state index contributed by atoms with van der Waals surface area (Å²) in [6, 6.07) is 1.76. The van der Waals surface area contributed by atoms with Crippen LogP contribution in [0, 0.1) is 11.7 Å². The van der Waals surface area contributed by atoms with Crippen molar-refractivity contribution in [3.05, 3.63) is 29.6 Å². The zero-order valence-corrected chi connectivity index (χ0v) is 11.9. The molecule has 1 fully saturated rings. The maximum Gasteiger partial charge on any atom is 0.418 e. The van der Waals surface area contributed by atoms with Crippen molar-refractivity contribution in [2.24, 2.45) is 5.92 Å². The molecule has 2 amide bonds. The van der Waals surface area contributed by atoms with E-state index < -0.39 is 29.3 Å². The first-order valence-corrected chi connectivity index (χ1v) is 6.74. The molecule has 0 radical (unpaired) electrons. The van der Waals surface area contributed by atoms with Crippen molar-refractivity contribution in [1.82, 2.24) is 4.90 Å². The number of ether oxygens (including phenoxy) is 1. The molecule has 22 heavy (non-hydrogen) atoms. The molecular formula is C14H16F4N2O2. The van der Waals surface area contributed by atoms with Crippen molar-refractivity contribution < 1.29 is 27.1 Å². The van der Waals surface area contributed by atoms with E-state index in [9.17, 15) is 22.4 Å². The quantitative estimate of drug-likeness (QED) is 0.868. The minimum atomic E-state index is -4.75. The first-order chi connectivity index (χ1) is 10.3. The molecule has 1 aromatic carbocycles. The minimum Gasteiger partial charge on any atom is -0.381 e. The Morgan fingerprint density at radius 1 is 1.45 bits per heavy atom. The van der Waals surface area contributed by atoms with E-state index in [1.165, 1.54) is 11.9 Å². The summed E-state index contributed by atoms with van der Waals surface area (Å²) >= 11 is 0. The summed E-state index contributed by atoms with van der Waals surface area (Å²) in [4.78, 5) is 13.2. The van der Waals surface area contributed by atoms with Gasteiger partial charge in [0.2, 0.25) is 0 Å². The van der Waals surface area contributed by atoms with Gasteiger partial charge in [0, 0.05) is 26.1 Å². The molecule has 1 aliphatic rings. The molecule has 2 rings (SSSR count). The lowest BCUT2D eigenvalue weighted by atomic mass is 10.1. The number of amides is 2. The van der Waals surface area contributed by atoms with Crippen LogP contribution in [0.25, 0.3) is 0 Å². The van der Waals surface area contributed by atoms with Crippen LogP contribution < -0.4 is 5.32 Å². The summed E-state index contributed by atoms with van der Waals surface area (Å²) in [6.07, 6.45) is -3.96. The number of para-hydroxylation sites is 1. The third-order valence-corrected chi connectivity index (χ3v) is 3.45. The van der Waals surface area contributed by atoms with Crippen molar-refractivity contribution in [2.45, 2.75) is 12.6 Å². The van der Waals surface area contributed by atoms with Crippen LogP contribution in [-0.4, -0.2) is 37.7 Å². The van der Waals surface area contributed by atoms with Crippen molar-refractivity contribution in [3.8, 4) is 0 Å². The maximum absolute atomic E-state index is 13.7. The predicted octanol–water partition coefficient (Wildman–Crippen LogP) is 3.34. The Hall–Kier alpha value is -1.83. The number of benzene rings is 1. The standard InChI is InChI=1S/C14H16F4N2O2/c1-20(7-9-5-6-22-8-9)13(21)19-12-10(14(16,17)18)3-2-4-11(12)15/h2-4,9H,5-8H2,1H3,(H,19,21)/t9-/m0/s1. The molecule has 4 nitrogen and oxygen atoms in total. The van der Waals surface area contributed by atoms with Gasteiger partial charge in [0.1, 0.15) is 5.82 Å². The second-order valence-electron chi connectivity index (χ2n) is 5.20. The second kappa shape index (κ2) is 6.51. The van der Waals surface area contributed by atoms with E-state index in [-0.39, 0.29) is 5.92 Å². The zero-order valence-electron chi connectivity index (χ0n) is 11.9. The number of halogens is 4. The largest absolute Gasteiger partial charge is 0.418 e. The number of anilines is 1. The van der Waals surface area contributed by atoms with Crippen LogP contribution in [0.5, 0.6) is 0 Å². The molecular weight excluding hydrogens is 304 g/mol. The van der Waals surface area contributed by atoms with Gasteiger partial charge in [0.05, 0.1) is 17.9 Å². The number of carbonyl (C=O) groups excluding carboxylic acids is 1. The van der Waals surface area contributed by atoms with Gasteiger partial charge in [-0.2, -0.15) is 13.2 Å². The molecule has 1 aromatic rings. The summed E-state index contributed by atoms with van der Waals surface area (Å²) in [6.45, 7) is 1.44. The van der Waals surface area contributed by atoms with E-state index in [1.807, 2.05) is 5.32 Å². The predicted molar refractivity (Wildman–Crippen MR) is 72.0 cm³/mol. The van der Waals surface area contributed by atoms with Crippen LogP contribution in [0.3, 0.4) is 0 Å². The summed E-state index contributed by atoms with van der Waals surface area (Å²) in [5.41, 5.74) is -2.06. The number of nitrogens with zero attached hydrogens (tertiary/aromatic N) is 1. The molecule has 0 unspecified atom stereocenters. The number of rotatable bonds is 3. The van der Waals surface area contributed by atoms with Gasteiger partial charge in [-0.25, -0.2) is 9.18 Å². The molecule has 1 heterocycles. The van der Waals surface area contributed by atoms with Gasteiger partial charge >= 0.3 is 12.2 Å². The maximum atomic E-state index is 13.7. The van der Waals surface area contributed by atoms with E-state index in [0.717, 1.165) is 24.6 Å². The highest BCUT2D eigenvalue weighted by Crippen LogP contribution is 2.36. The summed E-state index contributed by atoms with van der Waals surface area (Å²) < 4.78 is 57.4. The fourth-order valence-corrected chi connectivity index (χ4v) is 2.29. The normalized spacial score (nSPS) is 18.3. The summed E-state index contributed by atoms with van der Waals surface area (Å²) in [7, 11) is 1.45. The van der Waals surface area contributed by atoms with E-state index >= 15 is 0 Å².